The van der Waals surface area contributed by atoms with Crippen LogP contribution in [0, 0.1) is 12.1 Å². The SMILES string of the molecule is CC(C)(C)c1ccnc(-n2c3[c-]c(N4c5[c-]c(-n6nc(C(C)(C)C)cc6C(C)(C)C)ccc5C(C)(C)c5ccccc54)ccc3c3ccccc32)c1.[Pt+2]. The van der Waals surface area contributed by atoms with E-state index in [-0.39, 0.29) is 42.7 Å². The first-order valence-electron chi connectivity index (χ1n) is 18.4. The molecule has 7 aromatic rings. The molecule has 0 bridgehead atoms. The summed E-state index contributed by atoms with van der Waals surface area (Å²) < 4.78 is 4.39. The van der Waals surface area contributed by atoms with Gasteiger partial charge in [0.05, 0.1) is 5.69 Å². The second-order valence-electron chi connectivity index (χ2n) is 18.0. The average Bonchev–Trinajstić information content (AvgIpc) is 3.69. The van der Waals surface area contributed by atoms with Crippen molar-refractivity contribution in [2.24, 2.45) is 0 Å². The molecule has 272 valence electrons. The quantitative estimate of drug-likeness (QED) is 0.166. The molecule has 4 heterocycles. The van der Waals surface area contributed by atoms with E-state index in [0.717, 1.165) is 56.4 Å². The average molecular weight is 879 g/mol. The Bertz CT molecular complexity index is 2510. The van der Waals surface area contributed by atoms with Crippen LogP contribution in [-0.2, 0) is 42.7 Å². The Morgan fingerprint density at radius 1 is 0.642 bits per heavy atom. The van der Waals surface area contributed by atoms with Crippen molar-refractivity contribution in [1.82, 2.24) is 19.3 Å². The fourth-order valence-corrected chi connectivity index (χ4v) is 7.71. The molecule has 1 aliphatic rings. The van der Waals surface area contributed by atoms with Crippen LogP contribution >= 0.6 is 0 Å². The zero-order valence-electron chi connectivity index (χ0n) is 32.8. The van der Waals surface area contributed by atoms with Crippen LogP contribution in [0.15, 0.2) is 97.2 Å². The van der Waals surface area contributed by atoms with E-state index < -0.39 is 0 Å². The van der Waals surface area contributed by atoms with Crippen LogP contribution < -0.4 is 4.90 Å². The van der Waals surface area contributed by atoms with Crippen molar-refractivity contribution >= 4 is 38.9 Å². The number of fused-ring (bicyclic) bond motifs is 5. The molecular formula is C47H49N5Pt. The largest absolute Gasteiger partial charge is 2.00 e. The van der Waals surface area contributed by atoms with Crippen molar-refractivity contribution in [3.8, 4) is 11.5 Å². The van der Waals surface area contributed by atoms with E-state index in [2.05, 4.69) is 193 Å². The summed E-state index contributed by atoms with van der Waals surface area (Å²) in [6, 6.07) is 40.8. The molecule has 0 saturated carbocycles. The number of hydrogen-bond donors (Lipinski definition) is 0. The Kier molecular flexibility index (Phi) is 8.73. The first-order chi connectivity index (χ1) is 24.4. The van der Waals surface area contributed by atoms with Crippen LogP contribution in [-0.4, -0.2) is 19.3 Å². The van der Waals surface area contributed by atoms with E-state index in [1.54, 1.807) is 0 Å². The third-order valence-corrected chi connectivity index (χ3v) is 10.7. The van der Waals surface area contributed by atoms with Gasteiger partial charge >= 0.3 is 21.1 Å². The summed E-state index contributed by atoms with van der Waals surface area (Å²) in [5.41, 5.74) is 11.6. The summed E-state index contributed by atoms with van der Waals surface area (Å²) in [5.74, 6) is 0.893. The molecule has 5 nitrogen and oxygen atoms in total. The smallest absolute Gasteiger partial charge is 0.358 e. The fourth-order valence-electron chi connectivity index (χ4n) is 7.71. The van der Waals surface area contributed by atoms with Crippen LogP contribution in [0.4, 0.5) is 17.1 Å². The van der Waals surface area contributed by atoms with Gasteiger partial charge in [-0.1, -0.05) is 129 Å². The number of para-hydroxylation sites is 2. The molecule has 53 heavy (non-hydrogen) atoms. The summed E-state index contributed by atoms with van der Waals surface area (Å²) in [4.78, 5) is 7.29. The minimum absolute atomic E-state index is 0. The van der Waals surface area contributed by atoms with Crippen LogP contribution in [0.25, 0.3) is 33.3 Å². The first kappa shape index (κ1) is 36.9. The van der Waals surface area contributed by atoms with Crippen LogP contribution in [0.2, 0.25) is 0 Å². The van der Waals surface area contributed by atoms with Gasteiger partial charge in [0.2, 0.25) is 0 Å². The Morgan fingerprint density at radius 3 is 2.06 bits per heavy atom. The Morgan fingerprint density at radius 2 is 1.34 bits per heavy atom. The molecule has 3 aromatic heterocycles. The van der Waals surface area contributed by atoms with Crippen LogP contribution in [0.1, 0.15) is 104 Å². The second-order valence-corrected chi connectivity index (χ2v) is 18.0. The number of aromatic nitrogens is 4. The van der Waals surface area contributed by atoms with Crippen molar-refractivity contribution in [3.05, 3.63) is 137 Å². The number of anilines is 3. The molecule has 0 saturated heterocycles. The molecule has 0 aliphatic carbocycles. The topological polar surface area (TPSA) is 38.9 Å². The van der Waals surface area contributed by atoms with Gasteiger partial charge in [-0.15, -0.1) is 35.2 Å². The van der Waals surface area contributed by atoms with Gasteiger partial charge in [0, 0.05) is 33.9 Å². The zero-order valence-corrected chi connectivity index (χ0v) is 35.1. The normalized spacial score (nSPS) is 14.3. The number of pyridine rings is 1. The van der Waals surface area contributed by atoms with Gasteiger partial charge in [-0.2, -0.15) is 17.2 Å². The van der Waals surface area contributed by atoms with Gasteiger partial charge in [-0.3, -0.25) is 4.68 Å². The molecule has 8 rings (SSSR count). The third-order valence-electron chi connectivity index (χ3n) is 10.7. The molecule has 0 atom stereocenters. The molecule has 0 radical (unpaired) electrons. The molecule has 0 unspecified atom stereocenters. The van der Waals surface area contributed by atoms with E-state index in [0.29, 0.717) is 0 Å². The summed E-state index contributed by atoms with van der Waals surface area (Å²) in [6.45, 7) is 24.8. The van der Waals surface area contributed by atoms with Crippen LogP contribution in [0.3, 0.4) is 0 Å². The van der Waals surface area contributed by atoms with Crippen molar-refractivity contribution in [3.63, 3.8) is 0 Å². The van der Waals surface area contributed by atoms with Crippen molar-refractivity contribution in [1.29, 1.82) is 0 Å². The molecule has 0 spiro atoms. The second kappa shape index (κ2) is 12.6. The van der Waals surface area contributed by atoms with Gasteiger partial charge in [0.1, 0.15) is 5.82 Å². The zero-order chi connectivity index (χ0) is 37.0. The predicted molar refractivity (Wildman–Crippen MR) is 216 cm³/mol. The number of nitrogens with zero attached hydrogens (tertiary/aromatic N) is 5. The maximum Gasteiger partial charge on any atom is 2.00 e. The van der Waals surface area contributed by atoms with Gasteiger partial charge in [-0.25, -0.2) is 4.98 Å². The van der Waals surface area contributed by atoms with Crippen molar-refractivity contribution in [2.45, 2.75) is 97.8 Å². The molecule has 4 aromatic carbocycles. The van der Waals surface area contributed by atoms with E-state index >= 15 is 0 Å². The Hall–Kier alpha value is -4.47. The number of benzene rings is 4. The van der Waals surface area contributed by atoms with E-state index in [1.165, 1.54) is 22.1 Å². The molecular weight excluding hydrogens is 830 g/mol. The summed E-state index contributed by atoms with van der Waals surface area (Å²) in [7, 11) is 0. The van der Waals surface area contributed by atoms with Crippen molar-refractivity contribution in [2.75, 3.05) is 4.90 Å². The first-order valence-corrected chi connectivity index (χ1v) is 18.4. The fraction of sp³-hybridized carbons (Fsp3) is 0.319. The third kappa shape index (κ3) is 6.06. The van der Waals surface area contributed by atoms with Gasteiger partial charge in [0.25, 0.3) is 0 Å². The van der Waals surface area contributed by atoms with E-state index in [9.17, 15) is 0 Å². The molecule has 6 heteroatoms. The molecule has 0 fully saturated rings. The Balaban J connectivity index is 0.00000435. The summed E-state index contributed by atoms with van der Waals surface area (Å²) in [5, 5.41) is 7.56. The predicted octanol–water partition coefficient (Wildman–Crippen LogP) is 12.0. The maximum atomic E-state index is 5.23. The van der Waals surface area contributed by atoms with E-state index in [1.807, 2.05) is 6.20 Å². The maximum absolute atomic E-state index is 5.23. The number of hydrogen-bond acceptors (Lipinski definition) is 3. The summed E-state index contributed by atoms with van der Waals surface area (Å²) in [6.07, 6.45) is 1.93. The molecule has 0 N–H and O–H groups in total. The minimum atomic E-state index is -0.249. The summed E-state index contributed by atoms with van der Waals surface area (Å²) >= 11 is 0. The van der Waals surface area contributed by atoms with E-state index in [4.69, 9.17) is 10.1 Å². The molecule has 1 aliphatic heterocycles. The van der Waals surface area contributed by atoms with Gasteiger partial charge < -0.3 is 9.47 Å². The standard InChI is InChI=1S/C47H49N5.Pt/c1-44(2,3)30-24-25-48-43(26-30)51-37-18-14-12-16-33(37)34-22-20-31(27-39(34)51)50-38-19-15-13-17-35(38)47(10,11)36-23-21-32(28-40(36)50)52-42(46(7,8)9)29-41(49-52)45(4,5)6;/h12-26,29H,1-11H3;/q-2;+2. The van der Waals surface area contributed by atoms with Crippen LogP contribution in [0.5, 0.6) is 0 Å². The monoisotopic (exact) mass is 878 g/mol. The molecule has 0 amide bonds. The minimum Gasteiger partial charge on any atom is -0.358 e. The van der Waals surface area contributed by atoms with Crippen molar-refractivity contribution < 1.29 is 21.1 Å². The van der Waals surface area contributed by atoms with Gasteiger partial charge in [0.15, 0.2) is 0 Å². The number of rotatable bonds is 3. The Labute approximate surface area is 329 Å². The van der Waals surface area contributed by atoms with Gasteiger partial charge in [-0.05, 0) is 63.4 Å².